The third-order valence-corrected chi connectivity index (χ3v) is 3.91. The maximum Gasteiger partial charge on any atom is 0.271 e. The molecule has 0 amide bonds. The van der Waals surface area contributed by atoms with Crippen LogP contribution < -0.4 is 5.56 Å². The predicted molar refractivity (Wildman–Crippen MR) is 71.9 cm³/mol. The number of thiophene rings is 1. The number of rotatable bonds is 2. The molecular weight excluding hydrogens is 265 g/mol. The minimum atomic E-state index is -0.411. The fourth-order valence-electron chi connectivity index (χ4n) is 1.91. The molecule has 0 aliphatic carbocycles. The first-order valence-corrected chi connectivity index (χ1v) is 6.56. The van der Waals surface area contributed by atoms with Gasteiger partial charge in [0.15, 0.2) is 0 Å². The number of hydrogen-bond acceptors (Lipinski definition) is 4. The van der Waals surface area contributed by atoms with Gasteiger partial charge in [0.05, 0.1) is 24.6 Å². The molecule has 0 aromatic carbocycles. The Morgan fingerprint density at radius 3 is 3.05 bits per heavy atom. The van der Waals surface area contributed by atoms with Crippen molar-refractivity contribution in [3.8, 4) is 0 Å². The highest BCUT2D eigenvalue weighted by Gasteiger charge is 2.08. The van der Waals surface area contributed by atoms with Crippen LogP contribution in [0.2, 0.25) is 0 Å². The quantitative estimate of drug-likeness (QED) is 0.721. The van der Waals surface area contributed by atoms with Crippen LogP contribution in [0.5, 0.6) is 0 Å². The Kier molecular flexibility index (Phi) is 2.87. The Morgan fingerprint density at radius 1 is 1.42 bits per heavy atom. The first kappa shape index (κ1) is 12.0. The Bertz CT molecular complexity index is 809. The summed E-state index contributed by atoms with van der Waals surface area (Å²) in [6.45, 7) is 2.19. The average Bonchev–Trinajstić information content (AvgIpc) is 2.76. The van der Waals surface area contributed by atoms with Crippen molar-refractivity contribution in [2.75, 3.05) is 0 Å². The van der Waals surface area contributed by atoms with Gasteiger partial charge in [-0.1, -0.05) is 0 Å². The number of nitrogens with zero attached hydrogens (tertiary/aromatic N) is 3. The monoisotopic (exact) mass is 275 g/mol. The maximum atomic E-state index is 13.1. The molecule has 0 bridgehead atoms. The normalized spacial score (nSPS) is 11.1. The lowest BCUT2D eigenvalue weighted by atomic mass is 10.2. The van der Waals surface area contributed by atoms with Crippen LogP contribution in [-0.4, -0.2) is 14.5 Å². The van der Waals surface area contributed by atoms with Gasteiger partial charge < -0.3 is 0 Å². The van der Waals surface area contributed by atoms with E-state index >= 15 is 0 Å². The zero-order chi connectivity index (χ0) is 13.4. The Balaban J connectivity index is 2.06. The molecule has 0 N–H and O–H groups in total. The van der Waals surface area contributed by atoms with Gasteiger partial charge in [-0.05, 0) is 29.5 Å². The van der Waals surface area contributed by atoms with Gasteiger partial charge in [0.25, 0.3) is 5.56 Å². The van der Waals surface area contributed by atoms with Crippen molar-refractivity contribution in [1.82, 2.24) is 14.5 Å². The van der Waals surface area contributed by atoms with Gasteiger partial charge >= 0.3 is 0 Å². The third kappa shape index (κ3) is 2.15. The molecule has 3 aromatic heterocycles. The highest BCUT2D eigenvalue weighted by atomic mass is 32.1. The van der Waals surface area contributed by atoms with Crippen molar-refractivity contribution in [2.24, 2.45) is 0 Å². The minimum Gasteiger partial charge on any atom is -0.293 e. The fraction of sp³-hybridized carbons (Fsp3) is 0.154. The van der Waals surface area contributed by atoms with Gasteiger partial charge in [-0.25, -0.2) is 9.37 Å². The van der Waals surface area contributed by atoms with Gasteiger partial charge in [-0.2, -0.15) is 0 Å². The molecule has 0 aliphatic rings. The summed E-state index contributed by atoms with van der Waals surface area (Å²) >= 11 is 1.38. The Hall–Kier alpha value is -2.08. The van der Waals surface area contributed by atoms with Crippen LogP contribution >= 0.6 is 11.3 Å². The lowest BCUT2D eigenvalue weighted by Crippen LogP contribution is -2.20. The first-order chi connectivity index (χ1) is 9.15. The standard InChI is InChI=1S/C13H10FN3OS/c1-8-6-19-12-11(8)16-7-17(13(12)18)5-9-2-10(14)4-15-3-9/h2-4,6-7H,5H2,1H3. The summed E-state index contributed by atoms with van der Waals surface area (Å²) in [6, 6.07) is 1.36. The second kappa shape index (κ2) is 4.55. The van der Waals surface area contributed by atoms with Crippen LogP contribution in [0, 0.1) is 12.7 Å². The number of fused-ring (bicyclic) bond motifs is 1. The van der Waals surface area contributed by atoms with E-state index in [0.717, 1.165) is 17.3 Å². The Labute approximate surface area is 112 Å². The van der Waals surface area contributed by atoms with E-state index in [-0.39, 0.29) is 12.1 Å². The third-order valence-electron chi connectivity index (χ3n) is 2.84. The fourth-order valence-corrected chi connectivity index (χ4v) is 2.86. The summed E-state index contributed by atoms with van der Waals surface area (Å²) in [5.41, 5.74) is 2.27. The largest absolute Gasteiger partial charge is 0.293 e. The van der Waals surface area contributed by atoms with Gasteiger partial charge in [0.1, 0.15) is 10.5 Å². The molecular formula is C13H10FN3OS. The molecule has 3 aromatic rings. The molecule has 6 heteroatoms. The van der Waals surface area contributed by atoms with Crippen LogP contribution in [0.15, 0.2) is 35.0 Å². The van der Waals surface area contributed by atoms with E-state index in [1.54, 1.807) is 6.20 Å². The molecule has 0 spiro atoms. The maximum absolute atomic E-state index is 13.1. The second-order valence-electron chi connectivity index (χ2n) is 4.29. The van der Waals surface area contributed by atoms with Crippen molar-refractivity contribution in [2.45, 2.75) is 13.5 Å². The summed E-state index contributed by atoms with van der Waals surface area (Å²) in [5.74, 6) is -0.411. The molecule has 3 rings (SSSR count). The molecule has 0 saturated carbocycles. The van der Waals surface area contributed by atoms with Crippen LogP contribution in [0.3, 0.4) is 0 Å². The van der Waals surface area contributed by atoms with Crippen LogP contribution in [-0.2, 0) is 6.54 Å². The molecule has 0 unspecified atom stereocenters. The predicted octanol–water partition coefficient (Wildman–Crippen LogP) is 2.35. The first-order valence-electron chi connectivity index (χ1n) is 5.68. The van der Waals surface area contributed by atoms with Crippen molar-refractivity contribution < 1.29 is 4.39 Å². The van der Waals surface area contributed by atoms with E-state index in [1.165, 1.54) is 28.3 Å². The molecule has 0 fully saturated rings. The smallest absolute Gasteiger partial charge is 0.271 e. The summed E-state index contributed by atoms with van der Waals surface area (Å²) in [4.78, 5) is 20.3. The average molecular weight is 275 g/mol. The Morgan fingerprint density at radius 2 is 2.26 bits per heavy atom. The van der Waals surface area contributed by atoms with Crippen LogP contribution in [0.4, 0.5) is 4.39 Å². The van der Waals surface area contributed by atoms with Gasteiger partial charge in [-0.15, -0.1) is 11.3 Å². The lowest BCUT2D eigenvalue weighted by Gasteiger charge is -2.05. The molecule has 4 nitrogen and oxygen atoms in total. The van der Waals surface area contributed by atoms with Gasteiger partial charge in [-0.3, -0.25) is 14.3 Å². The zero-order valence-corrected chi connectivity index (χ0v) is 10.9. The van der Waals surface area contributed by atoms with Crippen molar-refractivity contribution in [1.29, 1.82) is 0 Å². The highest BCUT2D eigenvalue weighted by Crippen LogP contribution is 2.19. The number of halogens is 1. The molecule has 96 valence electrons. The van der Waals surface area contributed by atoms with Crippen molar-refractivity contribution in [3.05, 3.63) is 57.5 Å². The highest BCUT2D eigenvalue weighted by molar-refractivity contribution is 7.17. The lowest BCUT2D eigenvalue weighted by molar-refractivity contribution is 0.615. The van der Waals surface area contributed by atoms with Gasteiger partial charge in [0, 0.05) is 6.20 Å². The summed E-state index contributed by atoms with van der Waals surface area (Å²) in [6.07, 6.45) is 4.17. The SMILES string of the molecule is Cc1csc2c(=O)n(Cc3cncc(F)c3)cnc12. The van der Waals surface area contributed by atoms with E-state index in [1.807, 2.05) is 12.3 Å². The molecule has 0 atom stereocenters. The molecule has 3 heterocycles. The second-order valence-corrected chi connectivity index (χ2v) is 5.17. The van der Waals surface area contributed by atoms with Gasteiger partial charge in [0.2, 0.25) is 0 Å². The summed E-state index contributed by atoms with van der Waals surface area (Å²) in [5, 5.41) is 1.91. The number of aromatic nitrogens is 3. The summed E-state index contributed by atoms with van der Waals surface area (Å²) in [7, 11) is 0. The van der Waals surface area contributed by atoms with Crippen LogP contribution in [0.1, 0.15) is 11.1 Å². The molecule has 19 heavy (non-hydrogen) atoms. The number of pyridine rings is 1. The topological polar surface area (TPSA) is 47.8 Å². The van der Waals surface area contributed by atoms with E-state index < -0.39 is 5.82 Å². The summed E-state index contributed by atoms with van der Waals surface area (Å²) < 4.78 is 15.2. The van der Waals surface area contributed by atoms with Crippen molar-refractivity contribution >= 4 is 21.6 Å². The molecule has 0 radical (unpaired) electrons. The van der Waals surface area contributed by atoms with E-state index in [2.05, 4.69) is 9.97 Å². The zero-order valence-electron chi connectivity index (χ0n) is 10.1. The molecule has 0 aliphatic heterocycles. The van der Waals surface area contributed by atoms with E-state index in [4.69, 9.17) is 0 Å². The number of hydrogen-bond donors (Lipinski definition) is 0. The number of aryl methyl sites for hydroxylation is 1. The van der Waals surface area contributed by atoms with Crippen LogP contribution in [0.25, 0.3) is 10.2 Å². The van der Waals surface area contributed by atoms with Crippen molar-refractivity contribution in [3.63, 3.8) is 0 Å². The van der Waals surface area contributed by atoms with E-state index in [9.17, 15) is 9.18 Å². The minimum absolute atomic E-state index is 0.104. The van der Waals surface area contributed by atoms with E-state index in [0.29, 0.717) is 10.3 Å². The molecule has 0 saturated heterocycles.